The fourth-order valence-electron chi connectivity index (χ4n) is 1.85. The van der Waals surface area contributed by atoms with E-state index < -0.39 is 0 Å². The minimum atomic E-state index is 0.0844. The van der Waals surface area contributed by atoms with Crippen molar-refractivity contribution >= 4 is 0 Å². The van der Waals surface area contributed by atoms with Gasteiger partial charge in [0.15, 0.2) is 0 Å². The van der Waals surface area contributed by atoms with Crippen LogP contribution >= 0.6 is 0 Å². The molecule has 0 aromatic heterocycles. The Morgan fingerprint density at radius 2 is 2.00 bits per heavy atom. The van der Waals surface area contributed by atoms with E-state index in [-0.39, 0.29) is 6.04 Å². The molecule has 0 saturated carbocycles. The first kappa shape index (κ1) is 15.9. The Balaban J connectivity index is 2.72. The molecule has 0 aliphatic heterocycles. The van der Waals surface area contributed by atoms with Crippen molar-refractivity contribution in [2.75, 3.05) is 41.0 Å². The van der Waals surface area contributed by atoms with Gasteiger partial charge in [0, 0.05) is 12.7 Å². The van der Waals surface area contributed by atoms with E-state index in [2.05, 4.69) is 24.4 Å². The van der Waals surface area contributed by atoms with Crippen LogP contribution in [0.25, 0.3) is 0 Å². The lowest BCUT2D eigenvalue weighted by molar-refractivity contribution is 0.145. The molecule has 0 spiro atoms. The molecule has 1 atom stereocenters. The number of rotatable bonds is 9. The fourth-order valence-corrected chi connectivity index (χ4v) is 1.85. The average Bonchev–Trinajstić information content (AvgIpc) is 2.41. The van der Waals surface area contributed by atoms with Gasteiger partial charge in [-0.2, -0.15) is 0 Å². The predicted molar refractivity (Wildman–Crippen MR) is 77.0 cm³/mol. The molecule has 0 aliphatic rings. The Kier molecular flexibility index (Phi) is 7.43. The normalized spacial score (nSPS) is 12.7. The Bertz CT molecular complexity index is 358. The molecule has 5 heteroatoms. The van der Waals surface area contributed by atoms with E-state index in [1.54, 1.807) is 7.11 Å². The first-order chi connectivity index (χ1) is 9.19. The van der Waals surface area contributed by atoms with Crippen molar-refractivity contribution < 1.29 is 9.47 Å². The molecule has 108 valence electrons. The molecule has 0 radical (unpaired) electrons. The van der Waals surface area contributed by atoms with Gasteiger partial charge < -0.3 is 14.4 Å². The van der Waals surface area contributed by atoms with Gasteiger partial charge in [-0.25, -0.2) is 0 Å². The zero-order valence-electron chi connectivity index (χ0n) is 12.1. The van der Waals surface area contributed by atoms with E-state index >= 15 is 0 Å². The van der Waals surface area contributed by atoms with Crippen LogP contribution in [0.1, 0.15) is 18.0 Å². The molecule has 1 aromatic carbocycles. The molecule has 1 aromatic rings. The number of para-hydroxylation sites is 1. The second-order valence-electron chi connectivity index (χ2n) is 4.69. The fraction of sp³-hybridized carbons (Fsp3) is 0.571. The number of ether oxygens (including phenoxy) is 2. The third-order valence-corrected chi connectivity index (χ3v) is 2.91. The summed E-state index contributed by atoms with van der Waals surface area (Å²) in [6.07, 6.45) is 0.925. The number of benzene rings is 1. The molecule has 1 rings (SSSR count). The van der Waals surface area contributed by atoms with E-state index in [4.69, 9.17) is 15.3 Å². The molecular weight excluding hydrogens is 242 g/mol. The molecule has 19 heavy (non-hydrogen) atoms. The summed E-state index contributed by atoms with van der Waals surface area (Å²) in [7, 11) is 5.76. The van der Waals surface area contributed by atoms with Gasteiger partial charge in [0.05, 0.1) is 12.6 Å². The van der Waals surface area contributed by atoms with Gasteiger partial charge in [-0.3, -0.25) is 11.3 Å². The molecule has 3 N–H and O–H groups in total. The summed E-state index contributed by atoms with van der Waals surface area (Å²) >= 11 is 0. The summed E-state index contributed by atoms with van der Waals surface area (Å²) in [5.41, 5.74) is 3.95. The average molecular weight is 267 g/mol. The van der Waals surface area contributed by atoms with E-state index in [0.29, 0.717) is 13.2 Å². The summed E-state index contributed by atoms with van der Waals surface area (Å²) in [6.45, 7) is 2.08. The number of hydrogen-bond donors (Lipinski definition) is 2. The number of methoxy groups -OCH3 is 1. The first-order valence-corrected chi connectivity index (χ1v) is 6.50. The Labute approximate surface area is 115 Å². The lowest BCUT2D eigenvalue weighted by Crippen LogP contribution is -2.31. The third-order valence-electron chi connectivity index (χ3n) is 2.91. The van der Waals surface area contributed by atoms with E-state index in [1.807, 2.05) is 24.3 Å². The van der Waals surface area contributed by atoms with Gasteiger partial charge in [-0.05, 0) is 33.1 Å². The maximum Gasteiger partial charge on any atom is 0.124 e. The second-order valence-corrected chi connectivity index (χ2v) is 4.69. The van der Waals surface area contributed by atoms with Gasteiger partial charge in [0.1, 0.15) is 12.4 Å². The van der Waals surface area contributed by atoms with Crippen LogP contribution in [0, 0.1) is 0 Å². The molecule has 5 nitrogen and oxygen atoms in total. The van der Waals surface area contributed by atoms with Crippen LogP contribution in [0.4, 0.5) is 0 Å². The van der Waals surface area contributed by atoms with Crippen LogP contribution in [0.5, 0.6) is 5.75 Å². The van der Waals surface area contributed by atoms with Crippen LogP contribution in [-0.4, -0.2) is 45.9 Å². The van der Waals surface area contributed by atoms with E-state index in [9.17, 15) is 0 Å². The van der Waals surface area contributed by atoms with Crippen molar-refractivity contribution in [1.29, 1.82) is 0 Å². The molecule has 0 aliphatic carbocycles. The summed E-state index contributed by atoms with van der Waals surface area (Å²) in [4.78, 5) is 2.14. The third kappa shape index (κ3) is 5.57. The summed E-state index contributed by atoms with van der Waals surface area (Å²) < 4.78 is 10.7. The summed E-state index contributed by atoms with van der Waals surface area (Å²) in [5.74, 6) is 6.53. The van der Waals surface area contributed by atoms with Crippen molar-refractivity contribution in [2.45, 2.75) is 12.5 Å². The zero-order chi connectivity index (χ0) is 14.1. The largest absolute Gasteiger partial charge is 0.491 e. The predicted octanol–water partition coefficient (Wildman–Crippen LogP) is 1.17. The van der Waals surface area contributed by atoms with Gasteiger partial charge in [-0.15, -0.1) is 0 Å². The number of hydrogen-bond acceptors (Lipinski definition) is 5. The monoisotopic (exact) mass is 267 g/mol. The van der Waals surface area contributed by atoms with Crippen LogP contribution < -0.4 is 16.0 Å². The molecule has 0 fully saturated rings. The number of nitrogens with two attached hydrogens (primary N) is 1. The second kappa shape index (κ2) is 8.87. The van der Waals surface area contributed by atoms with Gasteiger partial charge in [-0.1, -0.05) is 18.2 Å². The standard InChI is InChI=1S/C14H25N3O2/c1-17(2)9-8-13(16-15)12-6-4-5-7-14(12)19-11-10-18-3/h4-7,13,16H,8-11,15H2,1-3H3. The highest BCUT2D eigenvalue weighted by atomic mass is 16.5. The smallest absolute Gasteiger partial charge is 0.124 e. The molecule has 0 saturated heterocycles. The van der Waals surface area contributed by atoms with Gasteiger partial charge in [0.2, 0.25) is 0 Å². The van der Waals surface area contributed by atoms with E-state index in [0.717, 1.165) is 24.3 Å². The van der Waals surface area contributed by atoms with Crippen LogP contribution in [0.2, 0.25) is 0 Å². The Hall–Kier alpha value is -1.14. The maximum atomic E-state index is 5.73. The minimum Gasteiger partial charge on any atom is -0.491 e. The highest BCUT2D eigenvalue weighted by molar-refractivity contribution is 5.35. The molecular formula is C14H25N3O2. The quantitative estimate of drug-likeness (QED) is 0.399. The highest BCUT2D eigenvalue weighted by Gasteiger charge is 2.14. The summed E-state index contributed by atoms with van der Waals surface area (Å²) in [5, 5.41) is 0. The van der Waals surface area contributed by atoms with Crippen molar-refractivity contribution in [2.24, 2.45) is 5.84 Å². The molecule has 0 amide bonds. The van der Waals surface area contributed by atoms with Crippen molar-refractivity contribution in [3.63, 3.8) is 0 Å². The SMILES string of the molecule is COCCOc1ccccc1C(CCN(C)C)NN. The van der Waals surface area contributed by atoms with Gasteiger partial charge in [0.25, 0.3) is 0 Å². The Morgan fingerprint density at radius 1 is 1.26 bits per heavy atom. The molecule has 1 unspecified atom stereocenters. The topological polar surface area (TPSA) is 59.8 Å². The Morgan fingerprint density at radius 3 is 2.63 bits per heavy atom. The highest BCUT2D eigenvalue weighted by Crippen LogP contribution is 2.26. The number of nitrogens with zero attached hydrogens (tertiary/aromatic N) is 1. The molecule has 0 heterocycles. The number of hydrazine groups is 1. The van der Waals surface area contributed by atoms with Crippen LogP contribution in [-0.2, 0) is 4.74 Å². The maximum absolute atomic E-state index is 5.73. The van der Waals surface area contributed by atoms with Gasteiger partial charge >= 0.3 is 0 Å². The van der Waals surface area contributed by atoms with Crippen LogP contribution in [0.15, 0.2) is 24.3 Å². The van der Waals surface area contributed by atoms with Crippen LogP contribution in [0.3, 0.4) is 0 Å². The van der Waals surface area contributed by atoms with Crippen molar-refractivity contribution in [3.8, 4) is 5.75 Å². The zero-order valence-corrected chi connectivity index (χ0v) is 12.1. The van der Waals surface area contributed by atoms with Crippen molar-refractivity contribution in [1.82, 2.24) is 10.3 Å². The molecule has 0 bridgehead atoms. The van der Waals surface area contributed by atoms with Crippen molar-refractivity contribution in [3.05, 3.63) is 29.8 Å². The number of nitrogens with one attached hydrogen (secondary N) is 1. The van der Waals surface area contributed by atoms with E-state index in [1.165, 1.54) is 0 Å². The lowest BCUT2D eigenvalue weighted by atomic mass is 10.0. The minimum absolute atomic E-state index is 0.0844. The first-order valence-electron chi connectivity index (χ1n) is 6.50. The lowest BCUT2D eigenvalue weighted by Gasteiger charge is -2.21. The summed E-state index contributed by atoms with van der Waals surface area (Å²) in [6, 6.07) is 8.05.